The Morgan fingerprint density at radius 3 is 2.44 bits per heavy atom. The molecule has 1 aromatic rings. The van der Waals surface area contributed by atoms with Gasteiger partial charge in [-0.1, -0.05) is 29.3 Å². The first-order valence-electron chi connectivity index (χ1n) is 6.66. The molecule has 0 radical (unpaired) electrons. The van der Waals surface area contributed by atoms with Crippen molar-refractivity contribution in [3.05, 3.63) is 34.9 Å². The molecule has 2 N–H and O–H groups in total. The number of aryl methyl sites for hydroxylation is 2. The predicted octanol–water partition coefficient (Wildman–Crippen LogP) is 2.25. The van der Waals surface area contributed by atoms with Crippen LogP contribution in [0.5, 0.6) is 0 Å². The summed E-state index contributed by atoms with van der Waals surface area (Å²) in [5, 5.41) is 0. The van der Waals surface area contributed by atoms with E-state index in [4.69, 9.17) is 5.73 Å². The third kappa shape index (κ3) is 3.49. The molecule has 18 heavy (non-hydrogen) atoms. The molecule has 98 valence electrons. The number of benzene rings is 1. The lowest BCUT2D eigenvalue weighted by molar-refractivity contribution is 0.487. The minimum atomic E-state index is 0.634. The van der Waals surface area contributed by atoms with Crippen molar-refractivity contribution in [3.8, 4) is 0 Å². The molecule has 0 aliphatic heterocycles. The summed E-state index contributed by atoms with van der Waals surface area (Å²) < 4.78 is 0. The highest BCUT2D eigenvalue weighted by Gasteiger charge is 2.27. The Bertz CT molecular complexity index is 427. The van der Waals surface area contributed by atoms with Crippen molar-refractivity contribution in [2.75, 3.05) is 13.6 Å². The molecule has 1 aromatic carbocycles. The molecular weight excluding hydrogens is 222 g/mol. The van der Waals surface area contributed by atoms with Crippen molar-refractivity contribution < 1.29 is 0 Å². The Balaban J connectivity index is 1.88. The van der Waals surface area contributed by atoms with Crippen LogP contribution >= 0.6 is 0 Å². The Labute approximate surface area is 110 Å². The molecule has 1 aliphatic carbocycles. The van der Waals surface area contributed by atoms with Gasteiger partial charge in [0.2, 0.25) is 0 Å². The Morgan fingerprint density at radius 2 is 1.89 bits per heavy atom. The summed E-state index contributed by atoms with van der Waals surface area (Å²) in [7, 11) is 2.04. The van der Waals surface area contributed by atoms with Crippen LogP contribution in [0.2, 0.25) is 0 Å². The van der Waals surface area contributed by atoms with Crippen LogP contribution in [0.3, 0.4) is 0 Å². The van der Waals surface area contributed by atoms with E-state index in [-0.39, 0.29) is 0 Å². The standard InChI is InChI=1S/C15H23N3/c1-11-8-12(2)10-13(9-11)6-7-17-15(16)18(3)14-4-5-14/h8-10,14H,4-7H2,1-3H3,(H2,16,17). The van der Waals surface area contributed by atoms with Gasteiger partial charge in [-0.25, -0.2) is 0 Å². The van der Waals surface area contributed by atoms with Crippen molar-refractivity contribution in [3.63, 3.8) is 0 Å². The maximum Gasteiger partial charge on any atom is 0.191 e. The van der Waals surface area contributed by atoms with Gasteiger partial charge in [-0.3, -0.25) is 4.99 Å². The molecule has 1 fully saturated rings. The van der Waals surface area contributed by atoms with Gasteiger partial charge in [0, 0.05) is 19.6 Å². The van der Waals surface area contributed by atoms with Gasteiger partial charge in [0.1, 0.15) is 0 Å². The Kier molecular flexibility index (Phi) is 3.90. The number of guanidine groups is 1. The van der Waals surface area contributed by atoms with Crippen molar-refractivity contribution in [1.29, 1.82) is 0 Å². The number of aliphatic imine (C=N–C) groups is 1. The second-order valence-electron chi connectivity index (χ2n) is 5.33. The highest BCUT2D eigenvalue weighted by molar-refractivity contribution is 5.78. The average Bonchev–Trinajstić information content (AvgIpc) is 3.10. The zero-order valence-electron chi connectivity index (χ0n) is 11.6. The molecule has 0 aromatic heterocycles. The van der Waals surface area contributed by atoms with Crippen LogP contribution in [0, 0.1) is 13.8 Å². The lowest BCUT2D eigenvalue weighted by Gasteiger charge is -2.16. The van der Waals surface area contributed by atoms with E-state index in [0.717, 1.165) is 13.0 Å². The summed E-state index contributed by atoms with van der Waals surface area (Å²) in [5.41, 5.74) is 9.94. The molecule has 1 saturated carbocycles. The molecule has 0 saturated heterocycles. The first-order chi connectivity index (χ1) is 8.56. The van der Waals surface area contributed by atoms with Gasteiger partial charge in [-0.2, -0.15) is 0 Å². The van der Waals surface area contributed by atoms with Crippen LogP contribution < -0.4 is 5.73 Å². The van der Waals surface area contributed by atoms with Gasteiger partial charge in [0.05, 0.1) is 0 Å². The molecule has 0 unspecified atom stereocenters. The molecular formula is C15H23N3. The Hall–Kier alpha value is -1.51. The fourth-order valence-electron chi connectivity index (χ4n) is 2.27. The predicted molar refractivity (Wildman–Crippen MR) is 76.9 cm³/mol. The fraction of sp³-hybridized carbons (Fsp3) is 0.533. The molecule has 3 heteroatoms. The molecule has 0 heterocycles. The summed E-state index contributed by atoms with van der Waals surface area (Å²) in [5.74, 6) is 0.682. The van der Waals surface area contributed by atoms with Gasteiger partial charge in [-0.05, 0) is 38.7 Å². The molecule has 2 rings (SSSR count). The van der Waals surface area contributed by atoms with E-state index in [1.807, 2.05) is 7.05 Å². The van der Waals surface area contributed by atoms with Crippen molar-refractivity contribution in [1.82, 2.24) is 4.90 Å². The molecule has 0 bridgehead atoms. The summed E-state index contributed by atoms with van der Waals surface area (Å²) in [6.07, 6.45) is 3.47. The number of hydrogen-bond acceptors (Lipinski definition) is 1. The summed E-state index contributed by atoms with van der Waals surface area (Å²) >= 11 is 0. The zero-order chi connectivity index (χ0) is 13.1. The van der Waals surface area contributed by atoms with Gasteiger partial charge in [0.15, 0.2) is 5.96 Å². The van der Waals surface area contributed by atoms with Crippen molar-refractivity contribution in [2.24, 2.45) is 10.7 Å². The van der Waals surface area contributed by atoms with Crippen LogP contribution in [0.4, 0.5) is 0 Å². The largest absolute Gasteiger partial charge is 0.370 e. The minimum absolute atomic E-state index is 0.634. The highest BCUT2D eigenvalue weighted by Crippen LogP contribution is 2.24. The van der Waals surface area contributed by atoms with Crippen LogP contribution in [0.25, 0.3) is 0 Å². The summed E-state index contributed by atoms with van der Waals surface area (Å²) in [4.78, 5) is 6.56. The van der Waals surface area contributed by atoms with Crippen LogP contribution in [-0.2, 0) is 6.42 Å². The minimum Gasteiger partial charge on any atom is -0.370 e. The normalized spacial score (nSPS) is 15.8. The smallest absolute Gasteiger partial charge is 0.191 e. The van der Waals surface area contributed by atoms with Crippen LogP contribution in [-0.4, -0.2) is 30.5 Å². The lowest BCUT2D eigenvalue weighted by atomic mass is 10.1. The average molecular weight is 245 g/mol. The van der Waals surface area contributed by atoms with Crippen molar-refractivity contribution in [2.45, 2.75) is 39.2 Å². The molecule has 1 aliphatic rings. The molecule has 0 spiro atoms. The van der Waals surface area contributed by atoms with E-state index in [1.165, 1.54) is 29.5 Å². The van der Waals surface area contributed by atoms with E-state index in [2.05, 4.69) is 41.9 Å². The molecule has 0 amide bonds. The monoisotopic (exact) mass is 245 g/mol. The van der Waals surface area contributed by atoms with E-state index in [9.17, 15) is 0 Å². The summed E-state index contributed by atoms with van der Waals surface area (Å²) in [6, 6.07) is 7.28. The van der Waals surface area contributed by atoms with Gasteiger partial charge >= 0.3 is 0 Å². The number of rotatable bonds is 4. The number of nitrogens with zero attached hydrogens (tertiary/aromatic N) is 2. The van der Waals surface area contributed by atoms with Crippen LogP contribution in [0.15, 0.2) is 23.2 Å². The lowest BCUT2D eigenvalue weighted by Crippen LogP contribution is -2.35. The third-order valence-electron chi connectivity index (χ3n) is 3.41. The van der Waals surface area contributed by atoms with Gasteiger partial charge in [-0.15, -0.1) is 0 Å². The second kappa shape index (κ2) is 5.42. The number of nitrogens with two attached hydrogens (primary N) is 1. The zero-order valence-corrected chi connectivity index (χ0v) is 11.6. The van der Waals surface area contributed by atoms with E-state index in [0.29, 0.717) is 12.0 Å². The Morgan fingerprint density at radius 1 is 1.28 bits per heavy atom. The van der Waals surface area contributed by atoms with Gasteiger partial charge < -0.3 is 10.6 Å². The highest BCUT2D eigenvalue weighted by atomic mass is 15.3. The second-order valence-corrected chi connectivity index (χ2v) is 5.33. The molecule has 3 nitrogen and oxygen atoms in total. The maximum absolute atomic E-state index is 5.96. The SMILES string of the molecule is Cc1cc(C)cc(CCN=C(N)N(C)C2CC2)c1. The van der Waals surface area contributed by atoms with Crippen LogP contribution in [0.1, 0.15) is 29.5 Å². The first-order valence-corrected chi connectivity index (χ1v) is 6.66. The first kappa shape index (κ1) is 12.9. The third-order valence-corrected chi connectivity index (χ3v) is 3.41. The molecule has 0 atom stereocenters. The van der Waals surface area contributed by atoms with E-state index < -0.39 is 0 Å². The quantitative estimate of drug-likeness (QED) is 0.653. The number of hydrogen-bond donors (Lipinski definition) is 1. The summed E-state index contributed by atoms with van der Waals surface area (Å²) in [6.45, 7) is 5.04. The van der Waals surface area contributed by atoms with Crippen molar-refractivity contribution >= 4 is 5.96 Å². The van der Waals surface area contributed by atoms with Gasteiger partial charge in [0.25, 0.3) is 0 Å². The topological polar surface area (TPSA) is 41.6 Å². The maximum atomic E-state index is 5.96. The van der Waals surface area contributed by atoms with E-state index in [1.54, 1.807) is 0 Å². The van der Waals surface area contributed by atoms with E-state index >= 15 is 0 Å². The fourth-order valence-corrected chi connectivity index (χ4v) is 2.27.